The summed E-state index contributed by atoms with van der Waals surface area (Å²) >= 11 is 0. The maximum Gasteiger partial charge on any atom is 0.258 e. The first-order valence-corrected chi connectivity index (χ1v) is 8.58. The number of benzene rings is 2. The van der Waals surface area contributed by atoms with Crippen LogP contribution in [0.1, 0.15) is 18.7 Å². The van der Waals surface area contributed by atoms with Crippen LogP contribution in [0.25, 0.3) is 10.9 Å². The molecule has 0 saturated heterocycles. The highest BCUT2D eigenvalue weighted by molar-refractivity contribution is 5.90. The van der Waals surface area contributed by atoms with Crippen molar-refractivity contribution in [2.24, 2.45) is 0 Å². The van der Waals surface area contributed by atoms with Crippen molar-refractivity contribution in [1.82, 2.24) is 9.97 Å². The lowest BCUT2D eigenvalue weighted by atomic mass is 10.2. The van der Waals surface area contributed by atoms with Crippen molar-refractivity contribution in [3.05, 3.63) is 64.7 Å². The van der Waals surface area contributed by atoms with Gasteiger partial charge in [-0.15, -0.1) is 0 Å². The molecule has 2 N–H and O–H groups in total. The van der Waals surface area contributed by atoms with Crippen molar-refractivity contribution in [3.8, 4) is 0 Å². The molecule has 0 radical (unpaired) electrons. The highest BCUT2D eigenvalue weighted by Crippen LogP contribution is 2.16. The maximum atomic E-state index is 12.1. The second-order valence-corrected chi connectivity index (χ2v) is 6.37. The Labute approximate surface area is 151 Å². The number of rotatable bonds is 6. The number of H-pyrrole nitrogens is 1. The highest BCUT2D eigenvalue weighted by Gasteiger charge is 2.06. The number of aromatic amines is 1. The molecule has 3 rings (SSSR count). The van der Waals surface area contributed by atoms with E-state index < -0.39 is 0 Å². The summed E-state index contributed by atoms with van der Waals surface area (Å²) in [7, 11) is 3.94. The minimum absolute atomic E-state index is 0.0502. The molecule has 6 heteroatoms. The molecule has 2 aromatic carbocycles. The number of hydrogen-bond donors (Lipinski definition) is 2. The van der Waals surface area contributed by atoms with Crippen molar-refractivity contribution in [3.63, 3.8) is 0 Å². The standard InChI is InChI=1S/C20H22N4O2/c1-24(2)15-12-10-14(11-13-15)21-19(25)9-5-8-18-22-17-7-4-3-6-16(17)20(26)23-18/h3-4,6-7,10-13H,5,8-9H2,1-2H3,(H,21,25)(H,22,23,26). The van der Waals surface area contributed by atoms with Crippen LogP contribution < -0.4 is 15.8 Å². The molecule has 6 nitrogen and oxygen atoms in total. The molecule has 0 bridgehead atoms. The molecule has 0 aliphatic heterocycles. The Bertz CT molecular complexity index is 961. The van der Waals surface area contributed by atoms with Crippen molar-refractivity contribution < 1.29 is 4.79 Å². The Morgan fingerprint density at radius 2 is 1.85 bits per heavy atom. The molecular formula is C20H22N4O2. The fourth-order valence-corrected chi connectivity index (χ4v) is 2.74. The average Bonchev–Trinajstić information content (AvgIpc) is 2.62. The second-order valence-electron chi connectivity index (χ2n) is 6.37. The molecule has 0 fully saturated rings. The molecule has 0 saturated carbocycles. The number of anilines is 2. The van der Waals surface area contributed by atoms with Crippen molar-refractivity contribution >= 4 is 28.2 Å². The Morgan fingerprint density at radius 3 is 2.58 bits per heavy atom. The van der Waals surface area contributed by atoms with Crippen molar-refractivity contribution in [2.45, 2.75) is 19.3 Å². The van der Waals surface area contributed by atoms with E-state index in [0.29, 0.717) is 36.0 Å². The van der Waals surface area contributed by atoms with Gasteiger partial charge in [-0.25, -0.2) is 4.98 Å². The molecule has 0 spiro atoms. The number of para-hydroxylation sites is 1. The molecule has 0 atom stereocenters. The van der Waals surface area contributed by atoms with Crippen LogP contribution in [-0.4, -0.2) is 30.0 Å². The van der Waals surface area contributed by atoms with Gasteiger partial charge in [0.25, 0.3) is 5.56 Å². The SMILES string of the molecule is CN(C)c1ccc(NC(=O)CCCc2nc3ccccc3c(=O)[nH]2)cc1. The number of nitrogens with zero attached hydrogens (tertiary/aromatic N) is 2. The number of carbonyl (C=O) groups is 1. The number of amides is 1. The maximum absolute atomic E-state index is 12.1. The van der Waals surface area contributed by atoms with Crippen molar-refractivity contribution in [2.75, 3.05) is 24.3 Å². The van der Waals surface area contributed by atoms with E-state index in [4.69, 9.17) is 0 Å². The van der Waals surface area contributed by atoms with Crippen LogP contribution in [0, 0.1) is 0 Å². The van der Waals surface area contributed by atoms with Crippen LogP contribution in [0.4, 0.5) is 11.4 Å². The molecule has 3 aromatic rings. The minimum atomic E-state index is -0.143. The molecule has 0 aliphatic rings. The molecular weight excluding hydrogens is 328 g/mol. The fourth-order valence-electron chi connectivity index (χ4n) is 2.74. The summed E-state index contributed by atoms with van der Waals surface area (Å²) in [5.41, 5.74) is 2.39. The predicted molar refractivity (Wildman–Crippen MR) is 105 cm³/mol. The van der Waals surface area contributed by atoms with Gasteiger partial charge in [-0.05, 0) is 42.8 Å². The van der Waals surface area contributed by atoms with E-state index in [1.807, 2.05) is 61.5 Å². The summed E-state index contributed by atoms with van der Waals surface area (Å²) in [5.74, 6) is 0.558. The van der Waals surface area contributed by atoms with E-state index in [0.717, 1.165) is 11.4 Å². The lowest BCUT2D eigenvalue weighted by Crippen LogP contribution is -2.14. The third kappa shape index (κ3) is 4.27. The zero-order valence-corrected chi connectivity index (χ0v) is 15.0. The number of fused-ring (bicyclic) bond motifs is 1. The van der Waals surface area contributed by atoms with E-state index in [-0.39, 0.29) is 11.5 Å². The largest absolute Gasteiger partial charge is 0.378 e. The lowest BCUT2D eigenvalue weighted by Gasteiger charge is -2.13. The zero-order chi connectivity index (χ0) is 18.5. The Hall–Kier alpha value is -3.15. The Morgan fingerprint density at radius 1 is 1.12 bits per heavy atom. The number of aromatic nitrogens is 2. The van der Waals surface area contributed by atoms with Gasteiger partial charge in [0.1, 0.15) is 5.82 Å². The molecule has 0 aliphatic carbocycles. The van der Waals surface area contributed by atoms with Gasteiger partial charge in [-0.2, -0.15) is 0 Å². The molecule has 1 heterocycles. The van der Waals surface area contributed by atoms with Crippen molar-refractivity contribution in [1.29, 1.82) is 0 Å². The van der Waals surface area contributed by atoms with E-state index in [2.05, 4.69) is 15.3 Å². The second kappa shape index (κ2) is 7.82. The van der Waals surface area contributed by atoms with Gasteiger partial charge in [0.2, 0.25) is 5.91 Å². The zero-order valence-electron chi connectivity index (χ0n) is 15.0. The van der Waals surface area contributed by atoms with Gasteiger partial charge in [-0.3, -0.25) is 9.59 Å². The minimum Gasteiger partial charge on any atom is -0.378 e. The monoisotopic (exact) mass is 350 g/mol. The van der Waals surface area contributed by atoms with Crippen LogP contribution in [-0.2, 0) is 11.2 Å². The Balaban J connectivity index is 1.54. The molecule has 134 valence electrons. The normalized spacial score (nSPS) is 10.7. The van der Waals surface area contributed by atoms with Crippen LogP contribution in [0.15, 0.2) is 53.3 Å². The van der Waals surface area contributed by atoms with Gasteiger partial charge in [0.15, 0.2) is 0 Å². The average molecular weight is 350 g/mol. The van der Waals surface area contributed by atoms with Crippen LogP contribution in [0.5, 0.6) is 0 Å². The first-order valence-electron chi connectivity index (χ1n) is 8.58. The van der Waals surface area contributed by atoms with E-state index in [9.17, 15) is 9.59 Å². The van der Waals surface area contributed by atoms with Crippen LogP contribution in [0.2, 0.25) is 0 Å². The number of nitrogens with one attached hydrogen (secondary N) is 2. The highest BCUT2D eigenvalue weighted by atomic mass is 16.1. The van der Waals surface area contributed by atoms with Gasteiger partial charge in [0.05, 0.1) is 10.9 Å². The first kappa shape index (κ1) is 17.7. The Kier molecular flexibility index (Phi) is 5.31. The summed E-state index contributed by atoms with van der Waals surface area (Å²) in [4.78, 5) is 33.4. The molecule has 1 aromatic heterocycles. The summed E-state index contributed by atoms with van der Waals surface area (Å²) in [6.07, 6.45) is 1.53. The number of hydrogen-bond acceptors (Lipinski definition) is 4. The first-order chi connectivity index (χ1) is 12.5. The van der Waals surface area contributed by atoms with Crippen LogP contribution in [0.3, 0.4) is 0 Å². The van der Waals surface area contributed by atoms with Gasteiger partial charge < -0.3 is 15.2 Å². The van der Waals surface area contributed by atoms with E-state index in [1.54, 1.807) is 6.07 Å². The third-order valence-corrected chi connectivity index (χ3v) is 4.15. The van der Waals surface area contributed by atoms with Gasteiger partial charge in [-0.1, -0.05) is 12.1 Å². The molecule has 1 amide bonds. The molecule has 0 unspecified atom stereocenters. The van der Waals surface area contributed by atoms with Gasteiger partial charge >= 0.3 is 0 Å². The third-order valence-electron chi connectivity index (χ3n) is 4.15. The van der Waals surface area contributed by atoms with E-state index >= 15 is 0 Å². The lowest BCUT2D eigenvalue weighted by molar-refractivity contribution is -0.116. The van der Waals surface area contributed by atoms with Crippen LogP contribution >= 0.6 is 0 Å². The smallest absolute Gasteiger partial charge is 0.258 e. The summed E-state index contributed by atoms with van der Waals surface area (Å²) in [6, 6.07) is 14.9. The molecule has 26 heavy (non-hydrogen) atoms. The summed E-state index contributed by atoms with van der Waals surface area (Å²) in [6.45, 7) is 0. The van der Waals surface area contributed by atoms with E-state index in [1.165, 1.54) is 0 Å². The summed E-state index contributed by atoms with van der Waals surface area (Å²) < 4.78 is 0. The number of aryl methyl sites for hydroxylation is 1. The quantitative estimate of drug-likeness (QED) is 0.716. The van der Waals surface area contributed by atoms with Gasteiger partial charge in [0, 0.05) is 38.3 Å². The topological polar surface area (TPSA) is 78.1 Å². The number of carbonyl (C=O) groups excluding carboxylic acids is 1. The fraction of sp³-hybridized carbons (Fsp3) is 0.250. The summed E-state index contributed by atoms with van der Waals surface area (Å²) in [5, 5.41) is 3.46. The predicted octanol–water partition coefficient (Wildman–Crippen LogP) is 2.95.